The summed E-state index contributed by atoms with van der Waals surface area (Å²) >= 11 is 0. The van der Waals surface area contributed by atoms with Crippen LogP contribution >= 0.6 is 0 Å². The Morgan fingerprint density at radius 2 is 1.47 bits per heavy atom. The largest absolute Gasteiger partial charge is 0.343 e. The molecule has 1 amide bonds. The van der Waals surface area contributed by atoms with Gasteiger partial charge in [0.15, 0.2) is 0 Å². The van der Waals surface area contributed by atoms with E-state index in [1.807, 2.05) is 67.7 Å². The summed E-state index contributed by atoms with van der Waals surface area (Å²) in [6.07, 6.45) is 7.08. The number of carbonyl (C=O) groups is 1. The third-order valence-corrected chi connectivity index (χ3v) is 6.07. The molecule has 0 bridgehead atoms. The summed E-state index contributed by atoms with van der Waals surface area (Å²) in [4.78, 5) is 15.7. The zero-order valence-corrected chi connectivity index (χ0v) is 19.1. The average Bonchev–Trinajstić information content (AvgIpc) is 2.84. The third-order valence-electron chi connectivity index (χ3n) is 6.07. The number of amides is 1. The van der Waals surface area contributed by atoms with E-state index in [1.165, 1.54) is 11.1 Å². The number of terminal acetylenes is 1. The summed E-state index contributed by atoms with van der Waals surface area (Å²) in [5.74, 6) is 2.80. The lowest BCUT2D eigenvalue weighted by atomic mass is 9.71. The molecule has 0 heterocycles. The van der Waals surface area contributed by atoms with Crippen LogP contribution in [0, 0.1) is 19.3 Å². The molecule has 0 fully saturated rings. The summed E-state index contributed by atoms with van der Waals surface area (Å²) in [6, 6.07) is 28.2. The van der Waals surface area contributed by atoms with Gasteiger partial charge in [-0.15, -0.1) is 12.3 Å². The van der Waals surface area contributed by atoms with E-state index in [0.29, 0.717) is 13.0 Å². The van der Waals surface area contributed by atoms with Crippen LogP contribution in [0.5, 0.6) is 0 Å². The minimum Gasteiger partial charge on any atom is -0.343 e. The highest BCUT2D eigenvalue weighted by Gasteiger charge is 2.42. The van der Waals surface area contributed by atoms with Gasteiger partial charge >= 0.3 is 0 Å². The molecule has 32 heavy (non-hydrogen) atoms. The highest BCUT2D eigenvalue weighted by Crippen LogP contribution is 2.37. The maximum atomic E-state index is 13.9. The molecule has 0 aliphatic rings. The minimum absolute atomic E-state index is 0.0218. The SMILES string of the molecule is C#CCC(C(=O)N(C)CCNCCc1ccccc1C)(c1ccccc1)c1ccccc1. The molecule has 3 aromatic carbocycles. The fourth-order valence-electron chi connectivity index (χ4n) is 4.20. The first kappa shape index (κ1) is 23.3. The van der Waals surface area contributed by atoms with E-state index in [4.69, 9.17) is 6.42 Å². The van der Waals surface area contributed by atoms with Crippen LogP contribution in [0.2, 0.25) is 0 Å². The van der Waals surface area contributed by atoms with Crippen LogP contribution in [-0.2, 0) is 16.6 Å². The van der Waals surface area contributed by atoms with E-state index in [2.05, 4.69) is 42.4 Å². The first-order valence-electron chi connectivity index (χ1n) is 11.1. The van der Waals surface area contributed by atoms with E-state index in [-0.39, 0.29) is 5.91 Å². The average molecular weight is 425 g/mol. The molecule has 1 N–H and O–H groups in total. The molecule has 3 rings (SSSR count). The Hall–Kier alpha value is -3.35. The van der Waals surface area contributed by atoms with Crippen molar-refractivity contribution in [3.63, 3.8) is 0 Å². The van der Waals surface area contributed by atoms with Gasteiger partial charge in [-0.1, -0.05) is 84.9 Å². The van der Waals surface area contributed by atoms with Gasteiger partial charge in [0.1, 0.15) is 5.41 Å². The summed E-state index contributed by atoms with van der Waals surface area (Å²) in [6.45, 7) is 4.35. The van der Waals surface area contributed by atoms with Crippen LogP contribution in [-0.4, -0.2) is 37.5 Å². The molecule has 3 aromatic rings. The summed E-state index contributed by atoms with van der Waals surface area (Å²) in [7, 11) is 1.86. The second kappa shape index (κ2) is 11.3. The van der Waals surface area contributed by atoms with Gasteiger partial charge in [-0.25, -0.2) is 0 Å². The van der Waals surface area contributed by atoms with Gasteiger partial charge in [-0.3, -0.25) is 4.79 Å². The molecule has 0 aliphatic carbocycles. The van der Waals surface area contributed by atoms with Crippen LogP contribution in [0.3, 0.4) is 0 Å². The number of nitrogens with one attached hydrogen (secondary N) is 1. The highest BCUT2D eigenvalue weighted by atomic mass is 16.2. The molecular formula is C29H32N2O. The number of aryl methyl sites for hydroxylation is 1. The number of hydrogen-bond donors (Lipinski definition) is 1. The maximum Gasteiger partial charge on any atom is 0.238 e. The lowest BCUT2D eigenvalue weighted by molar-refractivity contribution is -0.134. The molecule has 0 unspecified atom stereocenters. The first-order valence-corrected chi connectivity index (χ1v) is 11.1. The second-order valence-corrected chi connectivity index (χ2v) is 8.17. The highest BCUT2D eigenvalue weighted by molar-refractivity contribution is 5.92. The van der Waals surface area contributed by atoms with Gasteiger partial charge in [0.05, 0.1) is 0 Å². The maximum absolute atomic E-state index is 13.9. The molecule has 164 valence electrons. The van der Waals surface area contributed by atoms with Crippen LogP contribution in [0.4, 0.5) is 0 Å². The van der Waals surface area contributed by atoms with Crippen molar-refractivity contribution in [1.29, 1.82) is 0 Å². The van der Waals surface area contributed by atoms with E-state index in [0.717, 1.165) is 30.6 Å². The van der Waals surface area contributed by atoms with Crippen LogP contribution in [0.25, 0.3) is 0 Å². The molecule has 0 saturated carbocycles. The molecule has 0 aromatic heterocycles. The van der Waals surface area contributed by atoms with Gasteiger partial charge in [0.2, 0.25) is 5.91 Å². The van der Waals surface area contributed by atoms with Gasteiger partial charge < -0.3 is 10.2 Å². The quantitative estimate of drug-likeness (QED) is 0.381. The Morgan fingerprint density at radius 3 is 2.03 bits per heavy atom. The normalized spacial score (nSPS) is 11.0. The Balaban J connectivity index is 1.72. The van der Waals surface area contributed by atoms with Crippen LogP contribution < -0.4 is 5.32 Å². The van der Waals surface area contributed by atoms with Gasteiger partial charge in [0.25, 0.3) is 0 Å². The molecule has 0 atom stereocenters. The molecule has 3 heteroatoms. The van der Waals surface area contributed by atoms with Gasteiger partial charge in [-0.2, -0.15) is 0 Å². The summed E-state index contributed by atoms with van der Waals surface area (Å²) in [5.41, 5.74) is 3.62. The lowest BCUT2D eigenvalue weighted by Gasteiger charge is -2.36. The van der Waals surface area contributed by atoms with Crippen molar-refractivity contribution >= 4 is 5.91 Å². The first-order chi connectivity index (χ1) is 15.6. The lowest BCUT2D eigenvalue weighted by Crippen LogP contribution is -2.48. The monoisotopic (exact) mass is 424 g/mol. The van der Waals surface area contributed by atoms with Gasteiger partial charge in [0, 0.05) is 26.6 Å². The number of rotatable bonds is 10. The Labute approximate surface area is 192 Å². The van der Waals surface area contributed by atoms with Crippen molar-refractivity contribution in [1.82, 2.24) is 10.2 Å². The molecule has 0 saturated heterocycles. The van der Waals surface area contributed by atoms with E-state index >= 15 is 0 Å². The van der Waals surface area contributed by atoms with Crippen LogP contribution in [0.15, 0.2) is 84.9 Å². The Kier molecular flexibility index (Phi) is 8.25. The van der Waals surface area contributed by atoms with E-state index in [1.54, 1.807) is 4.90 Å². The third kappa shape index (κ3) is 5.28. The summed E-state index contributed by atoms with van der Waals surface area (Å²) in [5, 5.41) is 3.48. The van der Waals surface area contributed by atoms with Crippen molar-refractivity contribution < 1.29 is 4.79 Å². The molecule has 3 nitrogen and oxygen atoms in total. The zero-order valence-electron chi connectivity index (χ0n) is 19.1. The van der Waals surface area contributed by atoms with Crippen molar-refractivity contribution in [2.24, 2.45) is 0 Å². The molecule has 0 aliphatic heterocycles. The number of benzene rings is 3. The Morgan fingerprint density at radius 1 is 0.906 bits per heavy atom. The van der Waals surface area contributed by atoms with Crippen molar-refractivity contribution in [3.8, 4) is 12.3 Å². The summed E-state index contributed by atoms with van der Waals surface area (Å²) < 4.78 is 0. The Bertz CT molecular complexity index is 998. The predicted octanol–water partition coefficient (Wildman–Crippen LogP) is 4.60. The van der Waals surface area contributed by atoms with Crippen LogP contribution in [0.1, 0.15) is 28.7 Å². The number of nitrogens with zero attached hydrogens (tertiary/aromatic N) is 1. The van der Waals surface area contributed by atoms with Crippen molar-refractivity contribution in [3.05, 3.63) is 107 Å². The van der Waals surface area contributed by atoms with Gasteiger partial charge in [-0.05, 0) is 42.1 Å². The minimum atomic E-state index is -0.896. The van der Waals surface area contributed by atoms with Crippen molar-refractivity contribution in [2.45, 2.75) is 25.2 Å². The van der Waals surface area contributed by atoms with E-state index in [9.17, 15) is 4.79 Å². The molecule has 0 spiro atoms. The zero-order chi connectivity index (χ0) is 22.8. The topological polar surface area (TPSA) is 32.3 Å². The second-order valence-electron chi connectivity index (χ2n) is 8.17. The fourth-order valence-corrected chi connectivity index (χ4v) is 4.20. The standard InChI is InChI=1S/C29H32N2O/c1-4-20-29(26-15-7-5-8-16-26,27-17-9-6-10-18-27)28(32)31(3)23-22-30-21-19-25-14-12-11-13-24(25)2/h1,5-18,30H,19-23H2,2-3H3. The van der Waals surface area contributed by atoms with E-state index < -0.39 is 5.41 Å². The number of likely N-dealkylation sites (N-methyl/N-ethyl adjacent to an activating group) is 1. The smallest absolute Gasteiger partial charge is 0.238 e. The fraction of sp³-hybridized carbons (Fsp3) is 0.276. The van der Waals surface area contributed by atoms with Crippen molar-refractivity contribution in [2.75, 3.05) is 26.7 Å². The molecule has 0 radical (unpaired) electrons. The number of hydrogen-bond acceptors (Lipinski definition) is 2. The predicted molar refractivity (Wildman–Crippen MR) is 133 cm³/mol. The molecular weight excluding hydrogens is 392 g/mol. The number of carbonyl (C=O) groups excluding carboxylic acids is 1.